The van der Waals surface area contributed by atoms with Gasteiger partial charge in [-0.3, -0.25) is 9.52 Å². The Morgan fingerprint density at radius 2 is 1.48 bits per heavy atom. The second kappa shape index (κ2) is 8.02. The number of hydrogen-bond acceptors (Lipinski definition) is 4. The van der Waals surface area contributed by atoms with Gasteiger partial charge in [-0.2, -0.15) is 0 Å². The highest BCUT2D eigenvalue weighted by Crippen LogP contribution is 2.16. The normalized spacial score (nSPS) is 13.6. The zero-order valence-corrected chi connectivity index (χ0v) is 15.3. The number of carbonyl (C=O) groups is 1. The van der Waals surface area contributed by atoms with Crippen LogP contribution in [0.4, 0.5) is 11.4 Å². The first-order valence-electron chi connectivity index (χ1n) is 7.94. The van der Waals surface area contributed by atoms with Gasteiger partial charge in [0.1, 0.15) is 6.04 Å². The summed E-state index contributed by atoms with van der Waals surface area (Å²) in [6.45, 7) is 3.71. The van der Waals surface area contributed by atoms with Crippen molar-refractivity contribution < 1.29 is 13.2 Å². The molecule has 0 aliphatic heterocycles. The van der Waals surface area contributed by atoms with Crippen LogP contribution in [0, 0.1) is 0 Å². The molecule has 0 aliphatic carbocycles. The van der Waals surface area contributed by atoms with Gasteiger partial charge in [-0.15, -0.1) is 0 Å². The van der Waals surface area contributed by atoms with Crippen LogP contribution >= 0.6 is 0 Å². The minimum Gasteiger partial charge on any atom is -0.374 e. The molecule has 1 amide bonds. The van der Waals surface area contributed by atoms with E-state index in [1.165, 1.54) is 0 Å². The fourth-order valence-electron chi connectivity index (χ4n) is 2.33. The van der Waals surface area contributed by atoms with Gasteiger partial charge in [-0.1, -0.05) is 30.3 Å². The van der Waals surface area contributed by atoms with E-state index in [0.29, 0.717) is 5.69 Å². The topological polar surface area (TPSA) is 87.3 Å². The maximum atomic E-state index is 12.3. The maximum absolute atomic E-state index is 12.3. The molecule has 25 heavy (non-hydrogen) atoms. The highest BCUT2D eigenvalue weighted by molar-refractivity contribution is 7.92. The van der Waals surface area contributed by atoms with Crippen LogP contribution in [0.2, 0.25) is 0 Å². The average molecular weight is 361 g/mol. The van der Waals surface area contributed by atoms with Gasteiger partial charge in [-0.25, -0.2) is 8.42 Å². The molecule has 2 atom stereocenters. The lowest BCUT2D eigenvalue weighted by atomic mass is 10.1. The molecule has 0 heterocycles. The van der Waals surface area contributed by atoms with Crippen LogP contribution in [0.15, 0.2) is 54.6 Å². The number of rotatable bonds is 7. The molecule has 2 aromatic carbocycles. The van der Waals surface area contributed by atoms with E-state index in [0.717, 1.165) is 17.5 Å². The first-order chi connectivity index (χ1) is 11.7. The van der Waals surface area contributed by atoms with Gasteiger partial charge < -0.3 is 10.6 Å². The van der Waals surface area contributed by atoms with Crippen LogP contribution < -0.4 is 15.4 Å². The summed E-state index contributed by atoms with van der Waals surface area (Å²) in [4.78, 5) is 12.3. The summed E-state index contributed by atoms with van der Waals surface area (Å²) >= 11 is 0. The van der Waals surface area contributed by atoms with Crippen LogP contribution in [0.1, 0.15) is 25.5 Å². The SMILES string of the molecule is C[C@H](Nc1ccc(NS(C)(=O)=O)cc1)C(=O)N[C@H](C)c1ccccc1. The Morgan fingerprint density at radius 1 is 0.920 bits per heavy atom. The van der Waals surface area contributed by atoms with Crippen LogP contribution in [0.3, 0.4) is 0 Å². The number of anilines is 2. The van der Waals surface area contributed by atoms with E-state index < -0.39 is 16.1 Å². The van der Waals surface area contributed by atoms with Gasteiger partial charge in [0.05, 0.1) is 12.3 Å². The van der Waals surface area contributed by atoms with Crippen molar-refractivity contribution in [3.63, 3.8) is 0 Å². The summed E-state index contributed by atoms with van der Waals surface area (Å²) in [6, 6.07) is 15.9. The van der Waals surface area contributed by atoms with Crippen molar-refractivity contribution >= 4 is 27.3 Å². The molecule has 0 spiro atoms. The third-order valence-corrected chi connectivity index (χ3v) is 4.23. The summed E-state index contributed by atoms with van der Waals surface area (Å²) in [5.74, 6) is -0.116. The van der Waals surface area contributed by atoms with E-state index in [-0.39, 0.29) is 11.9 Å². The first kappa shape index (κ1) is 18.8. The van der Waals surface area contributed by atoms with E-state index >= 15 is 0 Å². The fraction of sp³-hybridized carbons (Fsp3) is 0.278. The standard InChI is InChI=1S/C18H23N3O3S/c1-13(15-7-5-4-6-8-15)20-18(22)14(2)19-16-9-11-17(12-10-16)21-25(3,23)24/h4-14,19,21H,1-3H3,(H,20,22)/t13-,14+/m1/s1. The smallest absolute Gasteiger partial charge is 0.242 e. The molecule has 0 aliphatic rings. The van der Waals surface area contributed by atoms with E-state index in [9.17, 15) is 13.2 Å². The highest BCUT2D eigenvalue weighted by atomic mass is 32.2. The van der Waals surface area contributed by atoms with Crippen molar-refractivity contribution in [2.45, 2.75) is 25.9 Å². The molecule has 0 fully saturated rings. The van der Waals surface area contributed by atoms with Crippen molar-refractivity contribution in [3.05, 3.63) is 60.2 Å². The Morgan fingerprint density at radius 3 is 2.04 bits per heavy atom. The van der Waals surface area contributed by atoms with Crippen LogP contribution in [-0.4, -0.2) is 26.6 Å². The Hall–Kier alpha value is -2.54. The summed E-state index contributed by atoms with van der Waals surface area (Å²) < 4.78 is 24.8. The largest absolute Gasteiger partial charge is 0.374 e. The summed E-state index contributed by atoms with van der Waals surface area (Å²) in [5.41, 5.74) is 2.25. The molecule has 0 radical (unpaired) electrons. The Bertz CT molecular complexity index is 805. The van der Waals surface area contributed by atoms with Crippen molar-refractivity contribution in [3.8, 4) is 0 Å². The van der Waals surface area contributed by atoms with E-state index in [2.05, 4.69) is 15.4 Å². The van der Waals surface area contributed by atoms with Gasteiger partial charge in [0, 0.05) is 11.4 Å². The molecule has 0 saturated heterocycles. The lowest BCUT2D eigenvalue weighted by Gasteiger charge is -2.19. The number of amides is 1. The third kappa shape index (κ3) is 6.11. The summed E-state index contributed by atoms with van der Waals surface area (Å²) in [6.07, 6.45) is 1.10. The van der Waals surface area contributed by atoms with Crippen LogP contribution in [0.5, 0.6) is 0 Å². The van der Waals surface area contributed by atoms with Gasteiger partial charge in [0.2, 0.25) is 15.9 Å². The zero-order valence-electron chi connectivity index (χ0n) is 14.5. The first-order valence-corrected chi connectivity index (χ1v) is 9.83. The maximum Gasteiger partial charge on any atom is 0.242 e. The fourth-order valence-corrected chi connectivity index (χ4v) is 2.89. The van der Waals surface area contributed by atoms with Crippen molar-refractivity contribution in [1.82, 2.24) is 5.32 Å². The number of sulfonamides is 1. The monoisotopic (exact) mass is 361 g/mol. The molecule has 0 bridgehead atoms. The van der Waals surface area contributed by atoms with Crippen LogP contribution in [0.25, 0.3) is 0 Å². The lowest BCUT2D eigenvalue weighted by molar-refractivity contribution is -0.122. The quantitative estimate of drug-likeness (QED) is 0.708. The number of benzene rings is 2. The molecular weight excluding hydrogens is 338 g/mol. The third-order valence-electron chi connectivity index (χ3n) is 3.62. The minimum atomic E-state index is -3.30. The van der Waals surface area contributed by atoms with Gasteiger partial charge >= 0.3 is 0 Å². The van der Waals surface area contributed by atoms with Gasteiger partial charge in [0.15, 0.2) is 0 Å². The number of hydrogen-bond donors (Lipinski definition) is 3. The molecule has 0 aromatic heterocycles. The number of carbonyl (C=O) groups excluding carboxylic acids is 1. The van der Waals surface area contributed by atoms with Gasteiger partial charge in [0.25, 0.3) is 0 Å². The zero-order chi connectivity index (χ0) is 18.4. The second-order valence-corrected chi connectivity index (χ2v) is 7.71. The molecular formula is C18H23N3O3S. The number of nitrogens with one attached hydrogen (secondary N) is 3. The summed E-state index contributed by atoms with van der Waals surface area (Å²) in [7, 11) is -3.30. The van der Waals surface area contributed by atoms with Crippen molar-refractivity contribution in [2.75, 3.05) is 16.3 Å². The van der Waals surface area contributed by atoms with Crippen molar-refractivity contribution in [2.24, 2.45) is 0 Å². The lowest BCUT2D eigenvalue weighted by Crippen LogP contribution is -2.38. The molecule has 7 heteroatoms. The second-order valence-electron chi connectivity index (χ2n) is 5.96. The molecule has 134 valence electrons. The molecule has 2 aromatic rings. The van der Waals surface area contributed by atoms with E-state index in [1.54, 1.807) is 31.2 Å². The van der Waals surface area contributed by atoms with E-state index in [4.69, 9.17) is 0 Å². The molecule has 6 nitrogen and oxygen atoms in total. The van der Waals surface area contributed by atoms with Crippen molar-refractivity contribution in [1.29, 1.82) is 0 Å². The van der Waals surface area contributed by atoms with Crippen LogP contribution in [-0.2, 0) is 14.8 Å². The minimum absolute atomic E-state index is 0.0840. The predicted octanol–water partition coefficient (Wildman–Crippen LogP) is 2.74. The molecule has 0 saturated carbocycles. The Balaban J connectivity index is 1.92. The molecule has 3 N–H and O–H groups in total. The van der Waals surface area contributed by atoms with E-state index in [1.807, 2.05) is 37.3 Å². The Kier molecular flexibility index (Phi) is 6.03. The average Bonchev–Trinajstić information content (AvgIpc) is 2.56. The van der Waals surface area contributed by atoms with Gasteiger partial charge in [-0.05, 0) is 43.7 Å². The molecule has 0 unspecified atom stereocenters. The summed E-state index contributed by atoms with van der Waals surface area (Å²) in [5, 5.41) is 6.06. The highest BCUT2D eigenvalue weighted by Gasteiger charge is 2.16. The molecule has 2 rings (SSSR count). The predicted molar refractivity (Wildman–Crippen MR) is 101 cm³/mol. The Labute approximate surface area is 148 Å².